The smallest absolute Gasteiger partial charge is 0.327 e. The molecular formula is C16H18N2O5S. The number of amides is 2. The maximum Gasteiger partial charge on any atom is 0.327 e. The number of carboxylic acids is 1. The van der Waals surface area contributed by atoms with E-state index in [-0.39, 0.29) is 29.4 Å². The summed E-state index contributed by atoms with van der Waals surface area (Å²) >= 11 is 1.39. The zero-order valence-electron chi connectivity index (χ0n) is 13.2. The summed E-state index contributed by atoms with van der Waals surface area (Å²) in [6, 6.07) is 4.68. The Kier molecular flexibility index (Phi) is 3.95. The van der Waals surface area contributed by atoms with Crippen molar-refractivity contribution < 1.29 is 24.6 Å². The molecule has 1 aromatic rings. The number of hydrogen-bond donors (Lipinski definition) is 3. The van der Waals surface area contributed by atoms with Crippen molar-refractivity contribution >= 4 is 29.5 Å². The molecule has 3 rings (SSSR count). The molecule has 8 heteroatoms. The van der Waals surface area contributed by atoms with Crippen molar-refractivity contribution in [3.8, 4) is 5.75 Å². The number of aromatic hydroxyl groups is 1. The minimum Gasteiger partial charge on any atom is -0.508 e. The van der Waals surface area contributed by atoms with E-state index in [0.717, 1.165) is 5.56 Å². The molecule has 2 fully saturated rings. The minimum absolute atomic E-state index is 0.0905. The van der Waals surface area contributed by atoms with E-state index in [0.29, 0.717) is 0 Å². The van der Waals surface area contributed by atoms with Crippen LogP contribution in [0.3, 0.4) is 0 Å². The molecule has 2 amide bonds. The van der Waals surface area contributed by atoms with E-state index in [1.165, 1.54) is 28.8 Å². The summed E-state index contributed by atoms with van der Waals surface area (Å²) < 4.78 is -0.609. The van der Waals surface area contributed by atoms with Crippen molar-refractivity contribution in [2.24, 2.45) is 0 Å². The van der Waals surface area contributed by atoms with Crippen LogP contribution in [0.1, 0.15) is 19.4 Å². The first kappa shape index (κ1) is 16.6. The highest BCUT2D eigenvalue weighted by Gasteiger charge is 2.64. The van der Waals surface area contributed by atoms with Crippen LogP contribution in [0.15, 0.2) is 24.3 Å². The molecule has 0 radical (unpaired) electrons. The van der Waals surface area contributed by atoms with E-state index in [1.807, 2.05) is 0 Å². The van der Waals surface area contributed by atoms with E-state index < -0.39 is 22.8 Å². The van der Waals surface area contributed by atoms with E-state index in [4.69, 9.17) is 0 Å². The normalized spacial score (nSPS) is 27.3. The Balaban J connectivity index is 1.65. The number of thioether (sulfide) groups is 1. The zero-order chi connectivity index (χ0) is 17.6. The molecule has 0 bridgehead atoms. The Morgan fingerprint density at radius 1 is 1.29 bits per heavy atom. The van der Waals surface area contributed by atoms with Gasteiger partial charge in [-0.1, -0.05) is 12.1 Å². The van der Waals surface area contributed by atoms with Crippen LogP contribution in [0.2, 0.25) is 0 Å². The average molecular weight is 350 g/mol. The topological polar surface area (TPSA) is 107 Å². The van der Waals surface area contributed by atoms with E-state index in [2.05, 4.69) is 5.32 Å². The predicted molar refractivity (Wildman–Crippen MR) is 87.5 cm³/mol. The summed E-state index contributed by atoms with van der Waals surface area (Å²) in [5.74, 6) is -1.58. The second-order valence-electron chi connectivity index (χ2n) is 6.49. The van der Waals surface area contributed by atoms with Gasteiger partial charge in [0.1, 0.15) is 23.2 Å². The lowest BCUT2D eigenvalue weighted by atomic mass is 9.96. The molecule has 0 spiro atoms. The van der Waals surface area contributed by atoms with Crippen LogP contribution in [0.5, 0.6) is 5.75 Å². The van der Waals surface area contributed by atoms with Gasteiger partial charge in [0, 0.05) is 4.75 Å². The number of β-lactam (4-membered cyclic amide) rings is 1. The lowest BCUT2D eigenvalue weighted by Gasteiger charge is -2.43. The maximum absolute atomic E-state index is 12.3. The Labute approximate surface area is 143 Å². The fraction of sp³-hybridized carbons (Fsp3) is 0.438. The Hall–Kier alpha value is -2.22. The van der Waals surface area contributed by atoms with Crippen molar-refractivity contribution in [1.29, 1.82) is 0 Å². The number of nitrogens with one attached hydrogen (secondary N) is 1. The number of phenolic OH excluding ortho intramolecular Hbond substituents is 1. The third-order valence-electron chi connectivity index (χ3n) is 4.29. The Morgan fingerprint density at radius 2 is 1.92 bits per heavy atom. The highest BCUT2D eigenvalue weighted by Crippen LogP contribution is 2.50. The summed E-state index contributed by atoms with van der Waals surface area (Å²) in [7, 11) is 0. The largest absolute Gasteiger partial charge is 0.508 e. The first-order chi connectivity index (χ1) is 11.2. The number of benzene rings is 1. The van der Waals surface area contributed by atoms with Gasteiger partial charge in [0.25, 0.3) is 0 Å². The van der Waals surface area contributed by atoms with Crippen molar-refractivity contribution in [3.63, 3.8) is 0 Å². The van der Waals surface area contributed by atoms with Gasteiger partial charge in [-0.15, -0.1) is 11.8 Å². The fourth-order valence-electron chi connectivity index (χ4n) is 3.17. The molecule has 24 heavy (non-hydrogen) atoms. The number of aliphatic carboxylic acids is 1. The predicted octanol–water partition coefficient (Wildman–Crippen LogP) is 0.566. The van der Waals surface area contributed by atoms with E-state index in [9.17, 15) is 24.6 Å². The highest BCUT2D eigenvalue weighted by atomic mass is 32.2. The van der Waals surface area contributed by atoms with Gasteiger partial charge in [-0.25, -0.2) is 4.79 Å². The summed E-state index contributed by atoms with van der Waals surface area (Å²) in [6.07, 6.45) is 0.0905. The molecule has 2 saturated heterocycles. The summed E-state index contributed by atoms with van der Waals surface area (Å²) in [4.78, 5) is 37.2. The molecule has 2 heterocycles. The van der Waals surface area contributed by atoms with Gasteiger partial charge in [-0.05, 0) is 31.5 Å². The summed E-state index contributed by atoms with van der Waals surface area (Å²) in [6.45, 7) is 3.58. The summed E-state index contributed by atoms with van der Waals surface area (Å²) in [5, 5.41) is 20.9. The molecular weight excluding hydrogens is 332 g/mol. The molecule has 0 aromatic heterocycles. The third-order valence-corrected chi connectivity index (χ3v) is 5.86. The van der Waals surface area contributed by atoms with Gasteiger partial charge < -0.3 is 20.4 Å². The van der Waals surface area contributed by atoms with Crippen LogP contribution in [0.4, 0.5) is 0 Å². The molecule has 0 aliphatic carbocycles. The van der Waals surface area contributed by atoms with Crippen LogP contribution >= 0.6 is 11.8 Å². The number of hydrogen-bond acceptors (Lipinski definition) is 5. The molecule has 128 valence electrons. The van der Waals surface area contributed by atoms with Gasteiger partial charge in [-0.2, -0.15) is 0 Å². The first-order valence-corrected chi connectivity index (χ1v) is 8.39. The maximum atomic E-state index is 12.3. The third kappa shape index (κ3) is 2.71. The fourth-order valence-corrected chi connectivity index (χ4v) is 4.79. The van der Waals surface area contributed by atoms with Crippen molar-refractivity contribution in [2.75, 3.05) is 0 Å². The second-order valence-corrected chi connectivity index (χ2v) is 8.26. The quantitative estimate of drug-likeness (QED) is 0.685. The van der Waals surface area contributed by atoms with Crippen molar-refractivity contribution in [2.45, 2.75) is 42.5 Å². The lowest BCUT2D eigenvalue weighted by Crippen LogP contribution is -2.70. The van der Waals surface area contributed by atoms with E-state index >= 15 is 0 Å². The lowest BCUT2D eigenvalue weighted by molar-refractivity contribution is -0.161. The molecule has 2 aliphatic heterocycles. The van der Waals surface area contributed by atoms with Crippen molar-refractivity contribution in [3.05, 3.63) is 29.8 Å². The monoisotopic (exact) mass is 350 g/mol. The number of phenols is 1. The second kappa shape index (κ2) is 5.70. The van der Waals surface area contributed by atoms with Gasteiger partial charge in [0.15, 0.2) is 0 Å². The Bertz CT molecular complexity index is 703. The highest BCUT2D eigenvalue weighted by molar-refractivity contribution is 8.01. The number of carboxylic acid groups (broad SMARTS) is 1. The molecule has 3 atom stereocenters. The molecule has 3 N–H and O–H groups in total. The average Bonchev–Trinajstić information content (AvgIpc) is 2.76. The van der Waals surface area contributed by atoms with Gasteiger partial charge in [-0.3, -0.25) is 9.59 Å². The van der Waals surface area contributed by atoms with E-state index in [1.54, 1.807) is 26.0 Å². The standard InChI is InChI=1S/C16H18N2O5S/c1-16(2)12(15(22)23)18-13(21)11(14(18)24-16)17-10(20)7-8-3-5-9(19)6-4-8/h3-6,11-12,14,19H,7H2,1-2H3,(H,17,20)(H,22,23). The van der Waals surface area contributed by atoms with Crippen LogP contribution in [0.25, 0.3) is 0 Å². The Morgan fingerprint density at radius 3 is 2.50 bits per heavy atom. The molecule has 1 aromatic carbocycles. The SMILES string of the molecule is CC1(C)SC2C(NC(=O)Cc3ccc(O)cc3)C(=O)N2C1C(=O)O. The van der Waals surface area contributed by atoms with Crippen LogP contribution in [-0.2, 0) is 20.8 Å². The zero-order valence-corrected chi connectivity index (χ0v) is 14.0. The molecule has 0 saturated carbocycles. The number of carbonyl (C=O) groups excluding carboxylic acids is 2. The van der Waals surface area contributed by atoms with Crippen molar-refractivity contribution in [1.82, 2.24) is 10.2 Å². The van der Waals surface area contributed by atoms with Crippen LogP contribution in [0, 0.1) is 0 Å². The summed E-state index contributed by atoms with van der Waals surface area (Å²) in [5.41, 5.74) is 0.719. The van der Waals surface area contributed by atoms with Gasteiger partial charge in [0.05, 0.1) is 6.42 Å². The molecule has 2 aliphatic rings. The molecule has 3 unspecified atom stereocenters. The first-order valence-electron chi connectivity index (χ1n) is 7.51. The number of rotatable bonds is 4. The van der Waals surface area contributed by atoms with Crippen LogP contribution < -0.4 is 5.32 Å². The molecule has 7 nitrogen and oxygen atoms in total. The number of fused-ring (bicyclic) bond motifs is 1. The van der Waals surface area contributed by atoms with Crippen LogP contribution in [-0.4, -0.2) is 55.1 Å². The van der Waals surface area contributed by atoms with Gasteiger partial charge in [0.2, 0.25) is 11.8 Å². The minimum atomic E-state index is -1.03. The number of carbonyl (C=O) groups is 3. The van der Waals surface area contributed by atoms with Gasteiger partial charge >= 0.3 is 5.97 Å². The number of nitrogens with zero attached hydrogens (tertiary/aromatic N) is 1.